The SMILES string of the molecule is CCC(=O)N1CC[C@](Cc2ccccc2-c2ccncc2)(C(=O)NC)C1. The van der Waals surface area contributed by atoms with Crippen molar-refractivity contribution in [2.75, 3.05) is 20.1 Å². The van der Waals surface area contributed by atoms with Crippen LogP contribution in [0.5, 0.6) is 0 Å². The van der Waals surface area contributed by atoms with Crippen LogP contribution < -0.4 is 5.32 Å². The summed E-state index contributed by atoms with van der Waals surface area (Å²) in [5.74, 6) is 0.117. The minimum Gasteiger partial charge on any atom is -0.359 e. The van der Waals surface area contributed by atoms with Crippen LogP contribution in [0.15, 0.2) is 48.8 Å². The summed E-state index contributed by atoms with van der Waals surface area (Å²) in [6, 6.07) is 12.1. The van der Waals surface area contributed by atoms with Crippen molar-refractivity contribution in [1.29, 1.82) is 0 Å². The second kappa shape index (κ2) is 7.68. The topological polar surface area (TPSA) is 62.3 Å². The lowest BCUT2D eigenvalue weighted by atomic mass is 9.78. The van der Waals surface area contributed by atoms with Crippen LogP contribution in [-0.4, -0.2) is 41.8 Å². The molecule has 0 spiro atoms. The molecule has 1 saturated heterocycles. The number of nitrogens with zero attached hydrogens (tertiary/aromatic N) is 2. The third kappa shape index (κ3) is 3.47. The van der Waals surface area contributed by atoms with Crippen molar-refractivity contribution in [2.45, 2.75) is 26.2 Å². The van der Waals surface area contributed by atoms with Gasteiger partial charge in [-0.2, -0.15) is 0 Å². The van der Waals surface area contributed by atoms with Crippen LogP contribution >= 0.6 is 0 Å². The summed E-state index contributed by atoms with van der Waals surface area (Å²) in [6.07, 6.45) is 5.31. The summed E-state index contributed by atoms with van der Waals surface area (Å²) in [5, 5.41) is 2.82. The molecule has 5 nitrogen and oxygen atoms in total. The van der Waals surface area contributed by atoms with Gasteiger partial charge in [-0.05, 0) is 41.7 Å². The molecule has 2 aromatic rings. The number of carbonyl (C=O) groups excluding carboxylic acids is 2. The van der Waals surface area contributed by atoms with E-state index in [0.29, 0.717) is 32.4 Å². The molecule has 1 aromatic heterocycles. The van der Waals surface area contributed by atoms with E-state index in [1.807, 2.05) is 36.1 Å². The average Bonchev–Trinajstić information content (AvgIpc) is 3.13. The molecule has 26 heavy (non-hydrogen) atoms. The van der Waals surface area contributed by atoms with Crippen LogP contribution in [0.4, 0.5) is 0 Å². The molecule has 1 fully saturated rings. The van der Waals surface area contributed by atoms with Crippen LogP contribution in [0, 0.1) is 5.41 Å². The lowest BCUT2D eigenvalue weighted by Crippen LogP contribution is -2.44. The Morgan fingerprint density at radius 3 is 2.62 bits per heavy atom. The molecule has 1 aromatic carbocycles. The molecular formula is C21H25N3O2. The zero-order valence-corrected chi connectivity index (χ0v) is 15.4. The number of amides is 2. The Morgan fingerprint density at radius 2 is 1.92 bits per heavy atom. The molecular weight excluding hydrogens is 326 g/mol. The number of benzene rings is 1. The molecule has 1 atom stereocenters. The summed E-state index contributed by atoms with van der Waals surface area (Å²) < 4.78 is 0. The van der Waals surface area contributed by atoms with Gasteiger partial charge in [-0.3, -0.25) is 14.6 Å². The normalized spacial score (nSPS) is 19.4. The molecule has 0 bridgehead atoms. The van der Waals surface area contributed by atoms with Crippen molar-refractivity contribution < 1.29 is 9.59 Å². The summed E-state index contributed by atoms with van der Waals surface area (Å²) in [4.78, 5) is 30.8. The Hall–Kier alpha value is -2.69. The first kappa shape index (κ1) is 18.1. The van der Waals surface area contributed by atoms with Gasteiger partial charge in [0.15, 0.2) is 0 Å². The molecule has 3 rings (SSSR count). The predicted molar refractivity (Wildman–Crippen MR) is 101 cm³/mol. The number of rotatable bonds is 5. The van der Waals surface area contributed by atoms with Crippen molar-refractivity contribution >= 4 is 11.8 Å². The van der Waals surface area contributed by atoms with E-state index in [-0.39, 0.29) is 11.8 Å². The maximum atomic E-state index is 12.8. The summed E-state index contributed by atoms with van der Waals surface area (Å²) in [6.45, 7) is 2.97. The molecule has 2 heterocycles. The summed E-state index contributed by atoms with van der Waals surface area (Å²) >= 11 is 0. The number of hydrogen-bond acceptors (Lipinski definition) is 3. The molecule has 5 heteroatoms. The van der Waals surface area contributed by atoms with E-state index in [1.165, 1.54) is 0 Å². The molecule has 1 N–H and O–H groups in total. The molecule has 0 aliphatic carbocycles. The molecule has 0 saturated carbocycles. The fraction of sp³-hybridized carbons (Fsp3) is 0.381. The van der Waals surface area contributed by atoms with Crippen molar-refractivity contribution in [3.05, 3.63) is 54.4 Å². The van der Waals surface area contributed by atoms with Crippen molar-refractivity contribution in [1.82, 2.24) is 15.2 Å². The van der Waals surface area contributed by atoms with Crippen molar-refractivity contribution in [3.63, 3.8) is 0 Å². The van der Waals surface area contributed by atoms with Gasteiger partial charge in [0, 0.05) is 39.0 Å². The van der Waals surface area contributed by atoms with E-state index >= 15 is 0 Å². The lowest BCUT2D eigenvalue weighted by molar-refractivity contribution is -0.132. The summed E-state index contributed by atoms with van der Waals surface area (Å²) in [7, 11) is 1.67. The van der Waals surface area contributed by atoms with E-state index in [9.17, 15) is 9.59 Å². The number of aromatic nitrogens is 1. The van der Waals surface area contributed by atoms with E-state index < -0.39 is 5.41 Å². The molecule has 0 unspecified atom stereocenters. The molecule has 0 radical (unpaired) electrons. The van der Waals surface area contributed by atoms with Crippen LogP contribution in [0.2, 0.25) is 0 Å². The maximum Gasteiger partial charge on any atom is 0.228 e. The third-order valence-corrected chi connectivity index (χ3v) is 5.26. The largest absolute Gasteiger partial charge is 0.359 e. The van der Waals surface area contributed by atoms with Crippen LogP contribution in [-0.2, 0) is 16.0 Å². The molecule has 1 aliphatic heterocycles. The minimum atomic E-state index is -0.581. The van der Waals surface area contributed by atoms with Gasteiger partial charge in [-0.25, -0.2) is 0 Å². The molecule has 1 aliphatic rings. The molecule has 136 valence electrons. The Balaban J connectivity index is 1.95. The Kier molecular flexibility index (Phi) is 5.35. The van der Waals surface area contributed by atoms with Gasteiger partial charge in [0.25, 0.3) is 0 Å². The number of nitrogens with one attached hydrogen (secondary N) is 1. The maximum absolute atomic E-state index is 12.8. The monoisotopic (exact) mass is 351 g/mol. The fourth-order valence-electron chi connectivity index (χ4n) is 3.84. The highest BCUT2D eigenvalue weighted by molar-refractivity contribution is 5.86. The van der Waals surface area contributed by atoms with Gasteiger partial charge in [0.05, 0.1) is 5.41 Å². The standard InChI is InChI=1S/C21H25N3O2/c1-3-19(25)24-13-10-21(15-24,20(26)22-2)14-17-6-4-5-7-18(17)16-8-11-23-12-9-16/h4-9,11-12H,3,10,13-15H2,1-2H3,(H,22,26)/t21-/m1/s1. The fourth-order valence-corrected chi connectivity index (χ4v) is 3.84. The lowest BCUT2D eigenvalue weighted by Gasteiger charge is -2.28. The smallest absolute Gasteiger partial charge is 0.228 e. The number of hydrogen-bond donors (Lipinski definition) is 1. The Morgan fingerprint density at radius 1 is 1.19 bits per heavy atom. The number of likely N-dealkylation sites (tertiary alicyclic amines) is 1. The van der Waals surface area contributed by atoms with Crippen LogP contribution in [0.1, 0.15) is 25.3 Å². The minimum absolute atomic E-state index is 0.00781. The van der Waals surface area contributed by atoms with Crippen LogP contribution in [0.3, 0.4) is 0 Å². The van der Waals surface area contributed by atoms with E-state index in [2.05, 4.69) is 22.4 Å². The number of pyridine rings is 1. The van der Waals surface area contributed by atoms with Crippen LogP contribution in [0.25, 0.3) is 11.1 Å². The first-order chi connectivity index (χ1) is 12.6. The zero-order valence-electron chi connectivity index (χ0n) is 15.4. The highest BCUT2D eigenvalue weighted by Crippen LogP contribution is 2.37. The van der Waals surface area contributed by atoms with E-state index in [0.717, 1.165) is 16.7 Å². The Labute approximate surface area is 154 Å². The second-order valence-electron chi connectivity index (χ2n) is 6.85. The third-order valence-electron chi connectivity index (χ3n) is 5.26. The van der Waals surface area contributed by atoms with Crippen molar-refractivity contribution in [2.24, 2.45) is 5.41 Å². The number of carbonyl (C=O) groups is 2. The van der Waals surface area contributed by atoms with E-state index in [4.69, 9.17) is 0 Å². The van der Waals surface area contributed by atoms with Gasteiger partial charge in [0.1, 0.15) is 0 Å². The van der Waals surface area contributed by atoms with Crippen molar-refractivity contribution in [3.8, 4) is 11.1 Å². The first-order valence-corrected chi connectivity index (χ1v) is 9.08. The van der Waals surface area contributed by atoms with Gasteiger partial charge >= 0.3 is 0 Å². The van der Waals surface area contributed by atoms with Gasteiger partial charge in [0.2, 0.25) is 11.8 Å². The van der Waals surface area contributed by atoms with Gasteiger partial charge < -0.3 is 10.2 Å². The van der Waals surface area contributed by atoms with Gasteiger partial charge in [-0.1, -0.05) is 31.2 Å². The highest BCUT2D eigenvalue weighted by atomic mass is 16.2. The predicted octanol–water partition coefficient (Wildman–Crippen LogP) is 2.67. The molecule has 2 amide bonds. The van der Waals surface area contributed by atoms with E-state index in [1.54, 1.807) is 19.4 Å². The highest BCUT2D eigenvalue weighted by Gasteiger charge is 2.45. The first-order valence-electron chi connectivity index (χ1n) is 9.08. The summed E-state index contributed by atoms with van der Waals surface area (Å²) in [5.41, 5.74) is 2.73. The zero-order chi connectivity index (χ0) is 18.6. The Bertz CT molecular complexity index is 791. The average molecular weight is 351 g/mol. The van der Waals surface area contributed by atoms with Gasteiger partial charge in [-0.15, -0.1) is 0 Å². The quantitative estimate of drug-likeness (QED) is 0.901. The second-order valence-corrected chi connectivity index (χ2v) is 6.85.